The lowest BCUT2D eigenvalue weighted by atomic mass is 9.91. The molecule has 1 aromatic carbocycles. The van der Waals surface area contributed by atoms with Gasteiger partial charge in [0, 0.05) is 32.1 Å². The number of likely N-dealkylation sites (tertiary alicyclic amines) is 1. The first-order valence-electron chi connectivity index (χ1n) is 14.8. The smallest absolute Gasteiger partial charge is 0.306 e. The topological polar surface area (TPSA) is 149 Å². The van der Waals surface area contributed by atoms with E-state index in [2.05, 4.69) is 15.5 Å². The highest BCUT2D eigenvalue weighted by Gasteiger charge is 2.43. The molecule has 2 aromatic heterocycles. The third kappa shape index (κ3) is 6.59. The summed E-state index contributed by atoms with van der Waals surface area (Å²) >= 11 is 1.58. The van der Waals surface area contributed by atoms with Crippen molar-refractivity contribution in [2.24, 2.45) is 11.8 Å². The summed E-state index contributed by atoms with van der Waals surface area (Å²) in [6.45, 7) is 8.82. The lowest BCUT2D eigenvalue weighted by molar-refractivity contribution is -0.142. The number of nitrogens with zero attached hydrogens (tertiary/aromatic N) is 4. The van der Waals surface area contributed by atoms with Crippen molar-refractivity contribution >= 4 is 34.9 Å². The van der Waals surface area contributed by atoms with E-state index in [1.54, 1.807) is 17.4 Å². The summed E-state index contributed by atoms with van der Waals surface area (Å²) in [4.78, 5) is 47.6. The zero-order valence-electron chi connectivity index (χ0n) is 24.9. The largest absolute Gasteiger partial charge is 0.481 e. The molecule has 43 heavy (non-hydrogen) atoms. The van der Waals surface area contributed by atoms with E-state index in [0.29, 0.717) is 37.5 Å². The number of carboxylic acid groups (broad SMARTS) is 1. The number of nitrogens with one attached hydrogen (secondary N) is 1. The fraction of sp³-hybridized carbons (Fsp3) is 0.516. The van der Waals surface area contributed by atoms with Gasteiger partial charge in [0.2, 0.25) is 11.8 Å². The Balaban J connectivity index is 1.26. The third-order valence-corrected chi connectivity index (χ3v) is 9.54. The Morgan fingerprint density at radius 3 is 2.42 bits per heavy atom. The number of aliphatic hydroxyl groups excluding tert-OH is 1. The number of hydrogen-bond donors (Lipinski definition) is 3. The number of anilines is 1. The zero-order chi connectivity index (χ0) is 30.8. The maximum atomic E-state index is 13.9. The summed E-state index contributed by atoms with van der Waals surface area (Å²) in [6, 6.07) is 8.61. The number of benzene rings is 1. The number of aliphatic carboxylic acids is 1. The lowest BCUT2D eigenvalue weighted by Crippen LogP contribution is -2.48. The van der Waals surface area contributed by atoms with Crippen LogP contribution in [0.2, 0.25) is 0 Å². The predicted octanol–water partition coefficient (Wildman–Crippen LogP) is 3.99. The van der Waals surface area contributed by atoms with Crippen LogP contribution in [0.5, 0.6) is 0 Å². The molecule has 3 N–H and O–H groups in total. The van der Waals surface area contributed by atoms with Crippen LogP contribution in [0.4, 0.5) is 5.82 Å². The van der Waals surface area contributed by atoms with Crippen LogP contribution in [0.1, 0.15) is 69.0 Å². The molecular formula is C31H39N5O6S. The molecule has 0 aliphatic carbocycles. The highest BCUT2D eigenvalue weighted by Crippen LogP contribution is 2.34. The first-order chi connectivity index (χ1) is 20.5. The molecule has 2 amide bonds. The first kappa shape index (κ1) is 30.7. The second-order valence-corrected chi connectivity index (χ2v) is 12.8. The van der Waals surface area contributed by atoms with Crippen molar-refractivity contribution in [3.8, 4) is 10.4 Å². The normalized spacial score (nSPS) is 20.8. The summed E-state index contributed by atoms with van der Waals surface area (Å²) in [5, 5.41) is 27.0. The van der Waals surface area contributed by atoms with Crippen molar-refractivity contribution in [2.75, 3.05) is 24.5 Å². The molecule has 5 rings (SSSR count). The van der Waals surface area contributed by atoms with Crippen LogP contribution in [-0.4, -0.2) is 74.8 Å². The van der Waals surface area contributed by atoms with Crippen LogP contribution in [0.3, 0.4) is 0 Å². The molecular weight excluding hydrogens is 570 g/mol. The molecule has 0 radical (unpaired) electrons. The molecule has 0 bridgehead atoms. The molecule has 2 aliphatic heterocycles. The zero-order valence-corrected chi connectivity index (χ0v) is 25.7. The van der Waals surface area contributed by atoms with Crippen LogP contribution in [0.15, 0.2) is 40.4 Å². The van der Waals surface area contributed by atoms with Gasteiger partial charge in [-0.05, 0) is 43.7 Å². The molecule has 11 nitrogen and oxygen atoms in total. The number of aliphatic hydroxyl groups is 1. The average molecular weight is 610 g/mol. The Kier molecular flexibility index (Phi) is 9.16. The number of rotatable bonds is 9. The summed E-state index contributed by atoms with van der Waals surface area (Å²) in [7, 11) is 0. The number of β-amino-alcohol motifs (C(OH)–C–C–N with tert-alkyl or cyclic N) is 1. The van der Waals surface area contributed by atoms with Crippen molar-refractivity contribution in [1.82, 2.24) is 20.4 Å². The van der Waals surface area contributed by atoms with Crippen molar-refractivity contribution in [1.29, 1.82) is 0 Å². The van der Waals surface area contributed by atoms with Gasteiger partial charge in [-0.3, -0.25) is 14.4 Å². The second-order valence-electron chi connectivity index (χ2n) is 11.9. The predicted molar refractivity (Wildman–Crippen MR) is 162 cm³/mol. The number of carbonyl (C=O) groups excluding carboxylic acids is 2. The SMILES string of the molecule is Cc1ncsc1-c1ccc(C(C)NC(=O)[C@@H]2C[C@@H](O)CN2C(=O)C(c2cc(N3CCC(C(=O)O)CC3)no2)C(C)C)cc1. The van der Waals surface area contributed by atoms with E-state index in [1.807, 2.05) is 62.4 Å². The number of aromatic nitrogens is 2. The van der Waals surface area contributed by atoms with Gasteiger partial charge in [-0.1, -0.05) is 43.3 Å². The highest BCUT2D eigenvalue weighted by molar-refractivity contribution is 7.13. The number of piperidine rings is 1. The molecule has 4 atom stereocenters. The van der Waals surface area contributed by atoms with Gasteiger partial charge >= 0.3 is 5.97 Å². The summed E-state index contributed by atoms with van der Waals surface area (Å²) in [5.41, 5.74) is 4.79. The second kappa shape index (κ2) is 12.8. The van der Waals surface area contributed by atoms with Gasteiger partial charge in [-0.25, -0.2) is 4.98 Å². The van der Waals surface area contributed by atoms with Gasteiger partial charge in [0.05, 0.1) is 34.1 Å². The van der Waals surface area contributed by atoms with E-state index < -0.39 is 24.0 Å². The quantitative estimate of drug-likeness (QED) is 0.327. The minimum atomic E-state index is -0.817. The van der Waals surface area contributed by atoms with Crippen molar-refractivity contribution in [3.05, 3.63) is 52.9 Å². The minimum absolute atomic E-state index is 0.0567. The molecule has 0 spiro atoms. The summed E-state index contributed by atoms with van der Waals surface area (Å²) in [5.74, 6) is -1.67. The molecule has 3 aromatic rings. The van der Waals surface area contributed by atoms with Gasteiger partial charge in [0.15, 0.2) is 11.6 Å². The van der Waals surface area contributed by atoms with Gasteiger partial charge in [-0.15, -0.1) is 11.3 Å². The van der Waals surface area contributed by atoms with Crippen LogP contribution in [0.25, 0.3) is 10.4 Å². The van der Waals surface area contributed by atoms with Crippen LogP contribution >= 0.6 is 11.3 Å². The van der Waals surface area contributed by atoms with E-state index in [-0.39, 0.29) is 42.7 Å². The monoisotopic (exact) mass is 609 g/mol. The van der Waals surface area contributed by atoms with Gasteiger partial charge < -0.3 is 29.9 Å². The Morgan fingerprint density at radius 1 is 1.12 bits per heavy atom. The average Bonchev–Trinajstić information content (AvgIpc) is 3.73. The molecule has 230 valence electrons. The molecule has 12 heteroatoms. The highest BCUT2D eigenvalue weighted by atomic mass is 32.1. The van der Waals surface area contributed by atoms with Gasteiger partial charge in [0.1, 0.15) is 12.0 Å². The molecule has 2 aliphatic rings. The number of amides is 2. The lowest BCUT2D eigenvalue weighted by Gasteiger charge is -2.30. The Labute approximate surface area is 254 Å². The number of carboxylic acids is 1. The van der Waals surface area contributed by atoms with E-state index in [0.717, 1.165) is 21.7 Å². The minimum Gasteiger partial charge on any atom is -0.481 e. The number of hydrogen-bond acceptors (Lipinski definition) is 9. The molecule has 2 unspecified atom stereocenters. The molecule has 0 saturated carbocycles. The maximum absolute atomic E-state index is 13.9. The maximum Gasteiger partial charge on any atom is 0.306 e. The van der Waals surface area contributed by atoms with E-state index >= 15 is 0 Å². The van der Waals surface area contributed by atoms with Gasteiger partial charge in [0.25, 0.3) is 0 Å². The Bertz CT molecular complexity index is 1440. The first-order valence-corrected chi connectivity index (χ1v) is 15.6. The Hall–Kier alpha value is -3.77. The van der Waals surface area contributed by atoms with Crippen molar-refractivity contribution < 1.29 is 29.1 Å². The van der Waals surface area contributed by atoms with Crippen LogP contribution in [0, 0.1) is 18.8 Å². The number of carbonyl (C=O) groups is 3. The summed E-state index contributed by atoms with van der Waals surface area (Å²) in [6.07, 6.45) is 0.367. The van der Waals surface area contributed by atoms with Gasteiger partial charge in [-0.2, -0.15) is 0 Å². The Morgan fingerprint density at radius 2 is 1.81 bits per heavy atom. The van der Waals surface area contributed by atoms with Crippen molar-refractivity contribution in [3.63, 3.8) is 0 Å². The van der Waals surface area contributed by atoms with E-state index in [1.165, 1.54) is 4.90 Å². The number of thiazole rings is 1. The van der Waals surface area contributed by atoms with Crippen LogP contribution in [-0.2, 0) is 14.4 Å². The molecule has 2 saturated heterocycles. The van der Waals surface area contributed by atoms with Crippen LogP contribution < -0.4 is 10.2 Å². The third-order valence-electron chi connectivity index (χ3n) is 8.57. The fourth-order valence-electron chi connectivity index (χ4n) is 6.05. The van der Waals surface area contributed by atoms with Crippen molar-refractivity contribution in [2.45, 2.75) is 71.1 Å². The fourth-order valence-corrected chi connectivity index (χ4v) is 6.86. The van der Waals surface area contributed by atoms with E-state index in [9.17, 15) is 24.6 Å². The molecule has 2 fully saturated rings. The summed E-state index contributed by atoms with van der Waals surface area (Å²) < 4.78 is 5.66. The molecule has 4 heterocycles. The van der Waals surface area contributed by atoms with E-state index in [4.69, 9.17) is 4.52 Å². The number of aryl methyl sites for hydroxylation is 1. The standard InChI is InChI=1S/C31H39N5O6S/c1-17(2)27(25-14-26(34-42-25)35-11-9-22(10-12-35)31(40)41)30(39)36-15-23(37)13-24(36)29(38)33-18(3)20-5-7-21(8-6-20)28-19(4)32-16-43-28/h5-8,14,16-18,22-24,27,37H,9-13,15H2,1-4H3,(H,33,38)(H,40,41)/t18?,23-,24+,27?/m1/s1.